The molecule has 2 heterocycles. The first kappa shape index (κ1) is 23.6. The van der Waals surface area contributed by atoms with Crippen LogP contribution in [0.2, 0.25) is 0 Å². The number of H-pyrrole nitrogens is 1. The summed E-state index contributed by atoms with van der Waals surface area (Å²) in [4.78, 5) is 33.7. The van der Waals surface area contributed by atoms with E-state index in [0.29, 0.717) is 43.5 Å². The smallest absolute Gasteiger partial charge is 0.416 e. The van der Waals surface area contributed by atoms with Gasteiger partial charge in [-0.15, -0.1) is 0 Å². The number of aryl methyl sites for hydroxylation is 1. The number of hydrogen-bond donors (Lipinski definition) is 2. The van der Waals surface area contributed by atoms with Crippen LogP contribution in [0, 0.1) is 6.92 Å². The third-order valence-electron chi connectivity index (χ3n) is 4.98. The van der Waals surface area contributed by atoms with Gasteiger partial charge in [-0.2, -0.15) is 13.2 Å². The zero-order valence-corrected chi connectivity index (χ0v) is 17.6. The number of benzene rings is 1. The molecule has 174 valence electrons. The van der Waals surface area contributed by atoms with Gasteiger partial charge in [-0.25, -0.2) is 4.98 Å². The van der Waals surface area contributed by atoms with Crippen LogP contribution in [-0.2, 0) is 22.1 Å². The Kier molecular flexibility index (Phi) is 7.73. The summed E-state index contributed by atoms with van der Waals surface area (Å²) >= 11 is 0. The molecule has 1 aromatic heterocycles. The molecule has 1 aliphatic heterocycles. The van der Waals surface area contributed by atoms with Crippen LogP contribution in [0.3, 0.4) is 0 Å². The van der Waals surface area contributed by atoms with Gasteiger partial charge in [-0.1, -0.05) is 6.07 Å². The highest BCUT2D eigenvalue weighted by Gasteiger charge is 2.30. The molecular weight excluding hydrogens is 429 g/mol. The number of nitrogens with zero attached hydrogens (tertiary/aromatic N) is 2. The number of nitrogens with one attached hydrogen (secondary N) is 2. The third kappa shape index (κ3) is 6.46. The van der Waals surface area contributed by atoms with Crippen molar-refractivity contribution in [3.05, 3.63) is 51.4 Å². The first-order valence-electron chi connectivity index (χ1n) is 10.2. The fraction of sp³-hybridized carbons (Fsp3) is 0.476. The van der Waals surface area contributed by atoms with Crippen LogP contribution in [0.4, 0.5) is 19.1 Å². The molecule has 1 saturated heterocycles. The molecule has 3 rings (SSSR count). The highest BCUT2D eigenvalue weighted by Crippen LogP contribution is 2.31. The van der Waals surface area contributed by atoms with Gasteiger partial charge in [0.15, 0.2) is 0 Å². The largest absolute Gasteiger partial charge is 0.492 e. The van der Waals surface area contributed by atoms with Gasteiger partial charge in [0.25, 0.3) is 5.56 Å². The molecule has 8 nitrogen and oxygen atoms in total. The average molecular weight is 454 g/mol. The van der Waals surface area contributed by atoms with Crippen LogP contribution < -0.4 is 20.5 Å². The van der Waals surface area contributed by atoms with Crippen molar-refractivity contribution >= 4 is 11.9 Å². The molecule has 1 aromatic carbocycles. The van der Waals surface area contributed by atoms with Crippen LogP contribution in [-0.4, -0.2) is 55.3 Å². The maximum absolute atomic E-state index is 12.7. The first-order chi connectivity index (χ1) is 15.2. The molecule has 1 fully saturated rings. The van der Waals surface area contributed by atoms with Crippen molar-refractivity contribution in [2.45, 2.75) is 25.9 Å². The van der Waals surface area contributed by atoms with Crippen molar-refractivity contribution in [3.63, 3.8) is 0 Å². The van der Waals surface area contributed by atoms with E-state index < -0.39 is 11.7 Å². The summed E-state index contributed by atoms with van der Waals surface area (Å²) in [5.41, 5.74) is -0.0687. The number of aromatic nitrogens is 2. The highest BCUT2D eigenvalue weighted by atomic mass is 19.4. The van der Waals surface area contributed by atoms with E-state index >= 15 is 0 Å². The SMILES string of the molecule is Cc1nc(N2CCOCC2)[nH]c(=O)c1CCC(=O)NCCOc1cccc(C(F)(F)F)c1. The minimum atomic E-state index is -4.45. The van der Waals surface area contributed by atoms with Gasteiger partial charge >= 0.3 is 6.18 Å². The molecule has 1 amide bonds. The van der Waals surface area contributed by atoms with Gasteiger partial charge in [0.05, 0.1) is 25.3 Å². The van der Waals surface area contributed by atoms with Gasteiger partial charge < -0.3 is 19.7 Å². The fourth-order valence-corrected chi connectivity index (χ4v) is 3.26. The summed E-state index contributed by atoms with van der Waals surface area (Å²) in [7, 11) is 0. The molecule has 2 N–H and O–H groups in total. The number of rotatable bonds is 8. The lowest BCUT2D eigenvalue weighted by Crippen LogP contribution is -2.38. The molecule has 2 aromatic rings. The van der Waals surface area contributed by atoms with E-state index in [0.717, 1.165) is 12.1 Å². The van der Waals surface area contributed by atoms with E-state index in [2.05, 4.69) is 15.3 Å². The second kappa shape index (κ2) is 10.5. The topological polar surface area (TPSA) is 96.6 Å². The summed E-state index contributed by atoms with van der Waals surface area (Å²) in [6, 6.07) is 4.54. The maximum atomic E-state index is 12.7. The summed E-state index contributed by atoms with van der Waals surface area (Å²) in [5.74, 6) is 0.270. The van der Waals surface area contributed by atoms with Crippen LogP contribution in [0.5, 0.6) is 5.75 Å². The molecule has 32 heavy (non-hydrogen) atoms. The third-order valence-corrected chi connectivity index (χ3v) is 4.98. The summed E-state index contributed by atoms with van der Waals surface area (Å²) in [6.45, 7) is 4.31. The molecule has 0 spiro atoms. The summed E-state index contributed by atoms with van der Waals surface area (Å²) in [6.07, 6.45) is -4.15. The Morgan fingerprint density at radius 3 is 2.75 bits per heavy atom. The Balaban J connectivity index is 1.44. The molecule has 0 bridgehead atoms. The van der Waals surface area contributed by atoms with E-state index in [1.165, 1.54) is 12.1 Å². The second-order valence-corrected chi connectivity index (χ2v) is 7.28. The van der Waals surface area contributed by atoms with Crippen molar-refractivity contribution in [2.75, 3.05) is 44.4 Å². The Labute approximate surface area is 182 Å². The van der Waals surface area contributed by atoms with Gasteiger partial charge in [-0.05, 0) is 31.5 Å². The predicted octanol–water partition coefficient (Wildman–Crippen LogP) is 2.06. The standard InChI is InChI=1S/C21H25F3N4O4/c1-14-17(19(30)27-20(26-14)28-8-11-31-12-9-28)5-6-18(29)25-7-10-32-16-4-2-3-15(13-16)21(22,23)24/h2-4,13H,5-12H2,1H3,(H,25,29)(H,26,27,30). The number of hydrogen-bond acceptors (Lipinski definition) is 6. The number of aromatic amines is 1. The maximum Gasteiger partial charge on any atom is 0.416 e. The van der Waals surface area contributed by atoms with Crippen LogP contribution in [0.1, 0.15) is 23.2 Å². The van der Waals surface area contributed by atoms with Gasteiger partial charge in [-0.3, -0.25) is 14.6 Å². The number of morpholine rings is 1. The molecular formula is C21H25F3N4O4. The lowest BCUT2D eigenvalue weighted by Gasteiger charge is -2.27. The molecule has 0 saturated carbocycles. The molecule has 11 heteroatoms. The Morgan fingerprint density at radius 2 is 2.06 bits per heavy atom. The lowest BCUT2D eigenvalue weighted by atomic mass is 10.1. The van der Waals surface area contributed by atoms with Crippen molar-refractivity contribution in [1.29, 1.82) is 0 Å². The average Bonchev–Trinajstić information content (AvgIpc) is 2.76. The highest BCUT2D eigenvalue weighted by molar-refractivity contribution is 5.76. The quantitative estimate of drug-likeness (QED) is 0.593. The van der Waals surface area contributed by atoms with E-state index in [1.807, 2.05) is 4.90 Å². The summed E-state index contributed by atoms with van der Waals surface area (Å²) in [5, 5.41) is 2.63. The number of amides is 1. The van der Waals surface area contributed by atoms with Crippen molar-refractivity contribution in [1.82, 2.24) is 15.3 Å². The zero-order chi connectivity index (χ0) is 23.1. The van der Waals surface area contributed by atoms with Crippen LogP contribution in [0.15, 0.2) is 29.1 Å². The van der Waals surface area contributed by atoms with E-state index in [1.54, 1.807) is 6.92 Å². The number of alkyl halides is 3. The van der Waals surface area contributed by atoms with Crippen molar-refractivity contribution in [2.24, 2.45) is 0 Å². The number of carbonyl (C=O) groups is 1. The minimum Gasteiger partial charge on any atom is -0.492 e. The lowest BCUT2D eigenvalue weighted by molar-refractivity contribution is -0.137. The van der Waals surface area contributed by atoms with Crippen molar-refractivity contribution in [3.8, 4) is 5.75 Å². The zero-order valence-electron chi connectivity index (χ0n) is 17.6. The molecule has 1 aliphatic rings. The summed E-state index contributed by atoms with van der Waals surface area (Å²) < 4.78 is 48.7. The fourth-order valence-electron chi connectivity index (χ4n) is 3.26. The van der Waals surface area contributed by atoms with E-state index in [9.17, 15) is 22.8 Å². The van der Waals surface area contributed by atoms with E-state index in [4.69, 9.17) is 9.47 Å². The molecule has 0 atom stereocenters. The van der Waals surface area contributed by atoms with Gasteiger partial charge in [0.1, 0.15) is 12.4 Å². The van der Waals surface area contributed by atoms with E-state index in [-0.39, 0.29) is 43.2 Å². The monoisotopic (exact) mass is 454 g/mol. The Bertz CT molecular complexity index is 988. The number of ether oxygens (including phenoxy) is 2. The Morgan fingerprint density at radius 1 is 1.31 bits per heavy atom. The second-order valence-electron chi connectivity index (χ2n) is 7.28. The first-order valence-corrected chi connectivity index (χ1v) is 10.2. The molecule has 0 aliphatic carbocycles. The van der Waals surface area contributed by atoms with Crippen LogP contribution in [0.25, 0.3) is 0 Å². The normalized spacial score (nSPS) is 14.3. The van der Waals surface area contributed by atoms with Gasteiger partial charge in [0.2, 0.25) is 11.9 Å². The molecule has 0 radical (unpaired) electrons. The van der Waals surface area contributed by atoms with Crippen molar-refractivity contribution < 1.29 is 27.4 Å². The van der Waals surface area contributed by atoms with Crippen LogP contribution >= 0.6 is 0 Å². The van der Waals surface area contributed by atoms with Gasteiger partial charge in [0, 0.05) is 30.8 Å². The number of halogens is 3. The number of anilines is 1. The predicted molar refractivity (Wildman–Crippen MR) is 111 cm³/mol. The molecule has 0 unspecified atom stereocenters. The minimum absolute atomic E-state index is 0.0163. The Hall–Kier alpha value is -3.08. The number of carbonyl (C=O) groups excluding carboxylic acids is 1.